The quantitative estimate of drug-likeness (QED) is 0.823. The summed E-state index contributed by atoms with van der Waals surface area (Å²) in [4.78, 5) is -0.111. The van der Waals surface area contributed by atoms with Crippen LogP contribution in [0.1, 0.15) is 5.56 Å². The van der Waals surface area contributed by atoms with Crippen LogP contribution in [0.5, 0.6) is 0 Å². The Hall–Kier alpha value is -1.52. The SMILES string of the molecule is CN(CC(F)F)S(=O)(=O)c1ccc(C#N)cc1. The molecule has 0 radical (unpaired) electrons. The van der Waals surface area contributed by atoms with Crippen LogP contribution in [0.25, 0.3) is 0 Å². The van der Waals surface area contributed by atoms with E-state index in [1.54, 1.807) is 0 Å². The highest BCUT2D eigenvalue weighted by atomic mass is 32.2. The van der Waals surface area contributed by atoms with Crippen LogP contribution in [0.15, 0.2) is 29.2 Å². The van der Waals surface area contributed by atoms with Crippen LogP contribution in [0, 0.1) is 11.3 Å². The van der Waals surface area contributed by atoms with E-state index in [9.17, 15) is 17.2 Å². The molecule has 0 atom stereocenters. The predicted molar refractivity (Wildman–Crippen MR) is 57.0 cm³/mol. The van der Waals surface area contributed by atoms with Crippen molar-refractivity contribution in [2.75, 3.05) is 13.6 Å². The lowest BCUT2D eigenvalue weighted by molar-refractivity contribution is 0.126. The topological polar surface area (TPSA) is 61.2 Å². The van der Waals surface area contributed by atoms with Gasteiger partial charge in [0.25, 0.3) is 6.43 Å². The molecule has 92 valence electrons. The van der Waals surface area contributed by atoms with Crippen LogP contribution in [0.2, 0.25) is 0 Å². The van der Waals surface area contributed by atoms with E-state index in [0.29, 0.717) is 9.87 Å². The molecule has 17 heavy (non-hydrogen) atoms. The number of sulfonamides is 1. The van der Waals surface area contributed by atoms with Crippen molar-refractivity contribution >= 4 is 10.0 Å². The van der Waals surface area contributed by atoms with E-state index < -0.39 is 23.0 Å². The van der Waals surface area contributed by atoms with Crippen molar-refractivity contribution in [1.82, 2.24) is 4.31 Å². The van der Waals surface area contributed by atoms with Crippen molar-refractivity contribution in [3.8, 4) is 6.07 Å². The van der Waals surface area contributed by atoms with Gasteiger partial charge < -0.3 is 0 Å². The van der Waals surface area contributed by atoms with E-state index >= 15 is 0 Å². The molecule has 4 nitrogen and oxygen atoms in total. The van der Waals surface area contributed by atoms with Crippen LogP contribution in [0.4, 0.5) is 8.78 Å². The Morgan fingerprint density at radius 1 is 1.35 bits per heavy atom. The molecule has 0 heterocycles. The van der Waals surface area contributed by atoms with E-state index in [0.717, 1.165) is 7.05 Å². The molecule has 7 heteroatoms. The second-order valence-corrected chi connectivity index (χ2v) is 5.36. The smallest absolute Gasteiger partial charge is 0.209 e. The third kappa shape index (κ3) is 3.22. The zero-order valence-electron chi connectivity index (χ0n) is 8.97. The second kappa shape index (κ2) is 5.21. The summed E-state index contributed by atoms with van der Waals surface area (Å²) in [6.45, 7) is -0.859. The molecule has 0 fully saturated rings. The third-order valence-corrected chi connectivity index (χ3v) is 3.92. The minimum Gasteiger partial charge on any atom is -0.209 e. The predicted octanol–water partition coefficient (Wildman–Crippen LogP) is 1.44. The monoisotopic (exact) mass is 260 g/mol. The van der Waals surface area contributed by atoms with Gasteiger partial charge in [-0.2, -0.15) is 9.57 Å². The number of nitrogens with zero attached hydrogens (tertiary/aromatic N) is 2. The Kier molecular flexibility index (Phi) is 4.15. The molecule has 0 bridgehead atoms. The molecule has 0 spiro atoms. The molecule has 0 saturated heterocycles. The van der Waals surface area contributed by atoms with Crippen molar-refractivity contribution < 1.29 is 17.2 Å². The average Bonchev–Trinajstić information content (AvgIpc) is 2.28. The summed E-state index contributed by atoms with van der Waals surface area (Å²) in [5.74, 6) is 0. The van der Waals surface area contributed by atoms with Gasteiger partial charge in [-0.05, 0) is 24.3 Å². The Labute approximate surface area is 98.1 Å². The fourth-order valence-electron chi connectivity index (χ4n) is 1.17. The number of halogens is 2. The van der Waals surface area contributed by atoms with Gasteiger partial charge in [0.2, 0.25) is 10.0 Å². The number of hydrogen-bond donors (Lipinski definition) is 0. The molecule has 1 rings (SSSR count). The summed E-state index contributed by atoms with van der Waals surface area (Å²) in [5.41, 5.74) is 0.306. The van der Waals surface area contributed by atoms with Gasteiger partial charge >= 0.3 is 0 Å². The molecule has 0 amide bonds. The number of hydrogen-bond acceptors (Lipinski definition) is 3. The first kappa shape index (κ1) is 13.5. The highest BCUT2D eigenvalue weighted by Crippen LogP contribution is 2.15. The average molecular weight is 260 g/mol. The third-order valence-electron chi connectivity index (χ3n) is 2.09. The minimum atomic E-state index is -3.92. The maximum Gasteiger partial charge on any atom is 0.252 e. The normalized spacial score (nSPS) is 11.8. The van der Waals surface area contributed by atoms with Gasteiger partial charge in [-0.3, -0.25) is 0 Å². The highest BCUT2D eigenvalue weighted by molar-refractivity contribution is 7.89. The van der Waals surface area contributed by atoms with Crippen LogP contribution in [0.3, 0.4) is 0 Å². The number of rotatable bonds is 4. The Balaban J connectivity index is 3.01. The Morgan fingerprint density at radius 2 is 1.88 bits per heavy atom. The molecular formula is C10H10F2N2O2S. The van der Waals surface area contributed by atoms with Gasteiger partial charge in [-0.15, -0.1) is 0 Å². The van der Waals surface area contributed by atoms with Crippen LogP contribution < -0.4 is 0 Å². The molecule has 1 aromatic carbocycles. The van der Waals surface area contributed by atoms with Crippen molar-refractivity contribution in [1.29, 1.82) is 5.26 Å². The maximum absolute atomic E-state index is 12.1. The first-order valence-electron chi connectivity index (χ1n) is 4.62. The van der Waals surface area contributed by atoms with E-state index in [-0.39, 0.29) is 4.90 Å². The van der Waals surface area contributed by atoms with E-state index in [1.165, 1.54) is 24.3 Å². The highest BCUT2D eigenvalue weighted by Gasteiger charge is 2.23. The van der Waals surface area contributed by atoms with E-state index in [4.69, 9.17) is 5.26 Å². The molecule has 0 aromatic heterocycles. The lowest BCUT2D eigenvalue weighted by Gasteiger charge is -2.16. The molecule has 0 N–H and O–H groups in total. The van der Waals surface area contributed by atoms with Gasteiger partial charge in [-0.25, -0.2) is 17.2 Å². The number of alkyl halides is 2. The number of benzene rings is 1. The summed E-state index contributed by atoms with van der Waals surface area (Å²) in [7, 11) is -2.83. The fraction of sp³-hybridized carbons (Fsp3) is 0.300. The van der Waals surface area contributed by atoms with Crippen LogP contribution >= 0.6 is 0 Å². The zero-order valence-corrected chi connectivity index (χ0v) is 9.79. The Bertz CT molecular complexity index is 520. The molecule has 0 aliphatic rings. The molecule has 0 aliphatic carbocycles. The Morgan fingerprint density at radius 3 is 2.29 bits per heavy atom. The maximum atomic E-state index is 12.1. The van der Waals surface area contributed by atoms with Gasteiger partial charge in [0.1, 0.15) is 0 Å². The van der Waals surface area contributed by atoms with Gasteiger partial charge in [0, 0.05) is 7.05 Å². The summed E-state index contributed by atoms with van der Waals surface area (Å²) in [6, 6.07) is 6.92. The standard InChI is InChI=1S/C10H10F2N2O2S/c1-14(7-10(11)12)17(15,16)9-4-2-8(6-13)3-5-9/h2-5,10H,7H2,1H3. The zero-order chi connectivity index (χ0) is 13.1. The van der Waals surface area contributed by atoms with Crippen molar-refractivity contribution in [2.45, 2.75) is 11.3 Å². The molecule has 0 aliphatic heterocycles. The van der Waals surface area contributed by atoms with E-state index in [2.05, 4.69) is 0 Å². The number of nitriles is 1. The first-order valence-corrected chi connectivity index (χ1v) is 6.06. The largest absolute Gasteiger partial charge is 0.252 e. The molecule has 0 unspecified atom stereocenters. The summed E-state index contributed by atoms with van der Waals surface area (Å²) in [5, 5.41) is 8.55. The van der Waals surface area contributed by atoms with Crippen molar-refractivity contribution in [2.24, 2.45) is 0 Å². The minimum absolute atomic E-state index is 0.111. The fourth-order valence-corrected chi connectivity index (χ4v) is 2.32. The molecule has 1 aromatic rings. The van der Waals surface area contributed by atoms with Crippen molar-refractivity contribution in [3.05, 3.63) is 29.8 Å². The van der Waals surface area contributed by atoms with Crippen LogP contribution in [-0.4, -0.2) is 32.7 Å². The molecule has 0 saturated carbocycles. The summed E-state index contributed by atoms with van der Waals surface area (Å²) in [6.07, 6.45) is -2.73. The van der Waals surface area contributed by atoms with Gasteiger partial charge in [-0.1, -0.05) is 0 Å². The van der Waals surface area contributed by atoms with Crippen molar-refractivity contribution in [3.63, 3.8) is 0 Å². The summed E-state index contributed by atoms with van der Waals surface area (Å²) < 4.78 is 48.3. The first-order chi connectivity index (χ1) is 7.87. The molecular weight excluding hydrogens is 250 g/mol. The second-order valence-electron chi connectivity index (χ2n) is 3.31. The van der Waals surface area contributed by atoms with Gasteiger partial charge in [0.15, 0.2) is 0 Å². The summed E-state index contributed by atoms with van der Waals surface area (Å²) >= 11 is 0. The van der Waals surface area contributed by atoms with Crippen LogP contribution in [-0.2, 0) is 10.0 Å². The van der Waals surface area contributed by atoms with Gasteiger partial charge in [0.05, 0.1) is 23.1 Å². The lowest BCUT2D eigenvalue weighted by Crippen LogP contribution is -2.31. The lowest BCUT2D eigenvalue weighted by atomic mass is 10.2. The van der Waals surface area contributed by atoms with E-state index in [1.807, 2.05) is 6.07 Å².